The first-order chi connectivity index (χ1) is 13.5. The Bertz CT molecular complexity index is 1120. The SMILES string of the molecule is Cc1ccc2cc(CN(Cc3cccs3)C(=O)c3ccco3)c(Cl)nc2c1C. The van der Waals surface area contributed by atoms with E-state index in [9.17, 15) is 4.79 Å². The Morgan fingerprint density at radius 3 is 2.75 bits per heavy atom. The van der Waals surface area contributed by atoms with Gasteiger partial charge in [0, 0.05) is 22.4 Å². The number of aryl methyl sites for hydroxylation is 2. The van der Waals surface area contributed by atoms with E-state index in [4.69, 9.17) is 16.0 Å². The smallest absolute Gasteiger partial charge is 0.290 e. The van der Waals surface area contributed by atoms with Crippen molar-refractivity contribution in [3.63, 3.8) is 0 Å². The van der Waals surface area contributed by atoms with Gasteiger partial charge < -0.3 is 9.32 Å². The van der Waals surface area contributed by atoms with Crippen LogP contribution in [0.1, 0.15) is 32.1 Å². The first kappa shape index (κ1) is 18.7. The molecule has 0 N–H and O–H groups in total. The number of amides is 1. The molecule has 4 nitrogen and oxygen atoms in total. The second-order valence-electron chi connectivity index (χ2n) is 6.74. The molecule has 1 aromatic carbocycles. The number of nitrogens with zero attached hydrogens (tertiary/aromatic N) is 2. The number of halogens is 1. The van der Waals surface area contributed by atoms with Gasteiger partial charge in [-0.05, 0) is 54.6 Å². The van der Waals surface area contributed by atoms with E-state index >= 15 is 0 Å². The van der Waals surface area contributed by atoms with Crippen molar-refractivity contribution in [1.29, 1.82) is 0 Å². The maximum Gasteiger partial charge on any atom is 0.290 e. The van der Waals surface area contributed by atoms with Gasteiger partial charge in [-0.1, -0.05) is 29.8 Å². The van der Waals surface area contributed by atoms with E-state index < -0.39 is 0 Å². The highest BCUT2D eigenvalue weighted by Crippen LogP contribution is 2.27. The number of furan rings is 1. The third-order valence-electron chi connectivity index (χ3n) is 4.84. The number of fused-ring (bicyclic) bond motifs is 1. The molecule has 0 aliphatic heterocycles. The van der Waals surface area contributed by atoms with Gasteiger partial charge in [-0.15, -0.1) is 11.3 Å². The van der Waals surface area contributed by atoms with Crippen molar-refractivity contribution in [2.45, 2.75) is 26.9 Å². The monoisotopic (exact) mass is 410 g/mol. The molecular weight excluding hydrogens is 392 g/mol. The summed E-state index contributed by atoms with van der Waals surface area (Å²) in [6.07, 6.45) is 1.51. The standard InChI is InChI=1S/C22H19ClN2O2S/c1-14-7-8-16-11-17(21(23)24-20(16)15(14)2)12-25(13-18-5-4-10-28-18)22(26)19-6-3-9-27-19/h3-11H,12-13H2,1-2H3. The normalized spacial score (nSPS) is 11.1. The number of aromatic nitrogens is 1. The van der Waals surface area contributed by atoms with Crippen LogP contribution in [-0.4, -0.2) is 15.8 Å². The second-order valence-corrected chi connectivity index (χ2v) is 8.13. The van der Waals surface area contributed by atoms with Crippen molar-refractivity contribution in [2.24, 2.45) is 0 Å². The van der Waals surface area contributed by atoms with Crippen molar-refractivity contribution >= 4 is 39.7 Å². The molecule has 3 heterocycles. The summed E-state index contributed by atoms with van der Waals surface area (Å²) < 4.78 is 5.33. The average molecular weight is 411 g/mol. The minimum atomic E-state index is -0.172. The molecule has 1 amide bonds. The topological polar surface area (TPSA) is 46.3 Å². The van der Waals surface area contributed by atoms with Gasteiger partial charge in [0.1, 0.15) is 5.15 Å². The van der Waals surface area contributed by atoms with Crippen molar-refractivity contribution in [2.75, 3.05) is 0 Å². The van der Waals surface area contributed by atoms with Crippen LogP contribution in [0.25, 0.3) is 10.9 Å². The summed E-state index contributed by atoms with van der Waals surface area (Å²) in [4.78, 5) is 20.4. The van der Waals surface area contributed by atoms with Gasteiger partial charge >= 0.3 is 0 Å². The summed E-state index contributed by atoms with van der Waals surface area (Å²) in [5.74, 6) is 0.141. The highest BCUT2D eigenvalue weighted by molar-refractivity contribution is 7.09. The van der Waals surface area contributed by atoms with Gasteiger partial charge in [-0.3, -0.25) is 4.79 Å². The van der Waals surface area contributed by atoms with Gasteiger partial charge in [0.25, 0.3) is 5.91 Å². The number of thiophene rings is 1. The lowest BCUT2D eigenvalue weighted by atomic mass is 10.0. The van der Waals surface area contributed by atoms with Gasteiger partial charge in [-0.2, -0.15) is 0 Å². The molecule has 0 saturated heterocycles. The van der Waals surface area contributed by atoms with E-state index in [0.717, 1.165) is 26.9 Å². The van der Waals surface area contributed by atoms with E-state index in [1.165, 1.54) is 11.8 Å². The van der Waals surface area contributed by atoms with Gasteiger partial charge in [0.2, 0.25) is 0 Å². The molecule has 0 saturated carbocycles. The molecule has 4 rings (SSSR count). The lowest BCUT2D eigenvalue weighted by molar-refractivity contribution is 0.0699. The van der Waals surface area contributed by atoms with Gasteiger partial charge in [0.15, 0.2) is 5.76 Å². The predicted molar refractivity (Wildman–Crippen MR) is 113 cm³/mol. The molecule has 0 aliphatic rings. The minimum absolute atomic E-state index is 0.172. The van der Waals surface area contributed by atoms with Crippen LogP contribution in [0.3, 0.4) is 0 Å². The van der Waals surface area contributed by atoms with Crippen LogP contribution in [-0.2, 0) is 13.1 Å². The largest absolute Gasteiger partial charge is 0.459 e. The molecule has 0 fully saturated rings. The van der Waals surface area contributed by atoms with Crippen LogP contribution >= 0.6 is 22.9 Å². The van der Waals surface area contributed by atoms with E-state index in [1.54, 1.807) is 28.4 Å². The number of rotatable bonds is 5. The fourth-order valence-electron chi connectivity index (χ4n) is 3.17. The van der Waals surface area contributed by atoms with Crippen molar-refractivity contribution in [3.8, 4) is 0 Å². The number of benzene rings is 1. The summed E-state index contributed by atoms with van der Waals surface area (Å²) in [7, 11) is 0. The molecule has 28 heavy (non-hydrogen) atoms. The van der Waals surface area contributed by atoms with Crippen molar-refractivity contribution < 1.29 is 9.21 Å². The molecule has 0 unspecified atom stereocenters. The maximum atomic E-state index is 13.0. The number of hydrogen-bond donors (Lipinski definition) is 0. The third-order valence-corrected chi connectivity index (χ3v) is 6.03. The molecule has 0 aliphatic carbocycles. The molecular formula is C22H19ClN2O2S. The van der Waals surface area contributed by atoms with Gasteiger partial charge in [0.05, 0.1) is 18.3 Å². The van der Waals surface area contributed by atoms with Gasteiger partial charge in [-0.25, -0.2) is 4.98 Å². The minimum Gasteiger partial charge on any atom is -0.459 e. The fourth-order valence-corrected chi connectivity index (χ4v) is 4.09. The lowest BCUT2D eigenvalue weighted by Crippen LogP contribution is -2.29. The highest BCUT2D eigenvalue weighted by atomic mass is 35.5. The average Bonchev–Trinajstić information content (AvgIpc) is 3.39. The summed E-state index contributed by atoms with van der Waals surface area (Å²) in [6.45, 7) is 4.94. The van der Waals surface area contributed by atoms with Crippen molar-refractivity contribution in [1.82, 2.24) is 9.88 Å². The second kappa shape index (κ2) is 7.78. The maximum absolute atomic E-state index is 13.0. The van der Waals surface area contributed by atoms with Crippen LogP contribution < -0.4 is 0 Å². The number of carbonyl (C=O) groups is 1. The number of pyridine rings is 1. The van der Waals surface area contributed by atoms with Crippen LogP contribution in [0.5, 0.6) is 0 Å². The first-order valence-electron chi connectivity index (χ1n) is 8.93. The van der Waals surface area contributed by atoms with Crippen LogP contribution in [0, 0.1) is 13.8 Å². The number of hydrogen-bond acceptors (Lipinski definition) is 4. The molecule has 0 radical (unpaired) electrons. The zero-order valence-corrected chi connectivity index (χ0v) is 17.2. The van der Waals surface area contributed by atoms with E-state index in [2.05, 4.69) is 18.0 Å². The van der Waals surface area contributed by atoms with E-state index in [1.807, 2.05) is 36.6 Å². The molecule has 0 bridgehead atoms. The number of carbonyl (C=O) groups excluding carboxylic acids is 1. The summed E-state index contributed by atoms with van der Waals surface area (Å²) in [5.41, 5.74) is 4.01. The van der Waals surface area contributed by atoms with Crippen LogP contribution in [0.4, 0.5) is 0 Å². The molecule has 6 heteroatoms. The summed E-state index contributed by atoms with van der Waals surface area (Å²) >= 11 is 8.13. The quantitative estimate of drug-likeness (QED) is 0.379. The van der Waals surface area contributed by atoms with Crippen LogP contribution in [0.2, 0.25) is 5.15 Å². The molecule has 142 valence electrons. The Kier molecular flexibility index (Phi) is 5.20. The zero-order valence-electron chi connectivity index (χ0n) is 15.6. The van der Waals surface area contributed by atoms with E-state index in [0.29, 0.717) is 24.0 Å². The Balaban J connectivity index is 1.70. The summed E-state index contributed by atoms with van der Waals surface area (Å²) in [5, 5.41) is 3.44. The Morgan fingerprint density at radius 1 is 1.18 bits per heavy atom. The van der Waals surface area contributed by atoms with E-state index in [-0.39, 0.29) is 5.91 Å². The van der Waals surface area contributed by atoms with Crippen LogP contribution in [0.15, 0.2) is 58.5 Å². The highest BCUT2D eigenvalue weighted by Gasteiger charge is 2.21. The molecule has 0 atom stereocenters. The fraction of sp³-hybridized carbons (Fsp3) is 0.182. The third kappa shape index (κ3) is 3.68. The Labute approximate surface area is 172 Å². The predicted octanol–water partition coefficient (Wildman–Crippen LogP) is 6.00. The summed E-state index contributed by atoms with van der Waals surface area (Å²) in [6, 6.07) is 13.5. The lowest BCUT2D eigenvalue weighted by Gasteiger charge is -2.22. The Hall–Kier alpha value is -2.63. The van der Waals surface area contributed by atoms with Crippen molar-refractivity contribution in [3.05, 3.63) is 86.6 Å². The molecule has 4 aromatic rings. The molecule has 0 spiro atoms. The first-order valence-corrected chi connectivity index (χ1v) is 10.2. The molecule has 3 aromatic heterocycles. The Morgan fingerprint density at radius 2 is 2.04 bits per heavy atom. The zero-order chi connectivity index (χ0) is 19.7.